The SMILES string of the molecule is CN(CC(=O)Nc1ccc2c(c1)OC(F)(F)O2)Cc1cccs1. The normalized spacial score (nSPS) is 15.0. The maximum Gasteiger partial charge on any atom is 0.586 e. The second kappa shape index (κ2) is 6.13. The van der Waals surface area contributed by atoms with Crippen molar-refractivity contribution in [2.24, 2.45) is 0 Å². The molecule has 0 atom stereocenters. The van der Waals surface area contributed by atoms with E-state index in [0.717, 1.165) is 4.88 Å². The zero-order valence-electron chi connectivity index (χ0n) is 12.2. The lowest BCUT2D eigenvalue weighted by Gasteiger charge is -2.15. The first kappa shape index (κ1) is 15.7. The average Bonchev–Trinajstić information content (AvgIpc) is 3.03. The van der Waals surface area contributed by atoms with Gasteiger partial charge in [-0.25, -0.2) is 0 Å². The quantitative estimate of drug-likeness (QED) is 0.908. The summed E-state index contributed by atoms with van der Waals surface area (Å²) in [5.41, 5.74) is 0.375. The van der Waals surface area contributed by atoms with E-state index in [0.29, 0.717) is 12.2 Å². The zero-order valence-corrected chi connectivity index (χ0v) is 13.0. The van der Waals surface area contributed by atoms with Crippen LogP contribution >= 0.6 is 11.3 Å². The largest absolute Gasteiger partial charge is 0.586 e. The molecule has 1 amide bonds. The van der Waals surface area contributed by atoms with Crippen molar-refractivity contribution in [3.63, 3.8) is 0 Å². The van der Waals surface area contributed by atoms with Crippen LogP contribution in [0.4, 0.5) is 14.5 Å². The molecule has 2 aromatic rings. The molecule has 122 valence electrons. The Kier molecular flexibility index (Phi) is 4.18. The van der Waals surface area contributed by atoms with Gasteiger partial charge in [0.1, 0.15) is 0 Å². The monoisotopic (exact) mass is 340 g/mol. The molecule has 2 heterocycles. The van der Waals surface area contributed by atoms with E-state index in [1.165, 1.54) is 18.2 Å². The van der Waals surface area contributed by atoms with Gasteiger partial charge in [0.05, 0.1) is 6.54 Å². The van der Waals surface area contributed by atoms with Crippen LogP contribution in [-0.4, -0.2) is 30.7 Å². The van der Waals surface area contributed by atoms with Crippen LogP contribution in [0.3, 0.4) is 0 Å². The highest BCUT2D eigenvalue weighted by atomic mass is 32.1. The minimum absolute atomic E-state index is 0.0530. The smallest absolute Gasteiger partial charge is 0.395 e. The number of alkyl halides is 2. The second-order valence-electron chi connectivity index (χ2n) is 5.13. The molecule has 0 saturated carbocycles. The highest BCUT2D eigenvalue weighted by Gasteiger charge is 2.43. The summed E-state index contributed by atoms with van der Waals surface area (Å²) in [6.07, 6.45) is -3.66. The molecule has 1 aliphatic rings. The maximum absolute atomic E-state index is 12.9. The fourth-order valence-corrected chi connectivity index (χ4v) is 2.98. The third-order valence-corrected chi connectivity index (χ3v) is 3.97. The lowest BCUT2D eigenvalue weighted by Crippen LogP contribution is -2.29. The van der Waals surface area contributed by atoms with Crippen molar-refractivity contribution in [2.45, 2.75) is 12.8 Å². The minimum Gasteiger partial charge on any atom is -0.395 e. The van der Waals surface area contributed by atoms with Crippen LogP contribution in [-0.2, 0) is 11.3 Å². The van der Waals surface area contributed by atoms with E-state index in [9.17, 15) is 13.6 Å². The van der Waals surface area contributed by atoms with Gasteiger partial charge in [-0.1, -0.05) is 6.07 Å². The highest BCUT2D eigenvalue weighted by Crippen LogP contribution is 2.42. The van der Waals surface area contributed by atoms with Crippen LogP contribution < -0.4 is 14.8 Å². The molecule has 0 radical (unpaired) electrons. The van der Waals surface area contributed by atoms with Crippen molar-refractivity contribution >= 4 is 22.9 Å². The number of rotatable bonds is 5. The van der Waals surface area contributed by atoms with Gasteiger partial charge in [-0.05, 0) is 30.6 Å². The number of nitrogens with one attached hydrogen (secondary N) is 1. The van der Waals surface area contributed by atoms with Crippen LogP contribution in [0.1, 0.15) is 4.88 Å². The van der Waals surface area contributed by atoms with Crippen molar-refractivity contribution in [1.29, 1.82) is 0 Å². The Hall–Kier alpha value is -2.19. The molecule has 1 aromatic carbocycles. The number of carbonyl (C=O) groups is 1. The number of amides is 1. The summed E-state index contributed by atoms with van der Waals surface area (Å²) in [4.78, 5) is 15.0. The molecule has 5 nitrogen and oxygen atoms in total. The third kappa shape index (κ3) is 3.96. The molecule has 0 bridgehead atoms. The third-order valence-electron chi connectivity index (χ3n) is 3.10. The fraction of sp³-hybridized carbons (Fsp3) is 0.267. The van der Waals surface area contributed by atoms with Gasteiger partial charge >= 0.3 is 6.29 Å². The number of halogens is 2. The zero-order chi connectivity index (χ0) is 16.4. The summed E-state index contributed by atoms with van der Waals surface area (Å²) in [5.74, 6) is -0.391. The number of anilines is 1. The second-order valence-corrected chi connectivity index (χ2v) is 6.16. The number of hydrogen-bond donors (Lipinski definition) is 1. The molecular formula is C15H14F2N2O3S. The molecule has 1 aromatic heterocycles. The van der Waals surface area contributed by atoms with Crippen molar-refractivity contribution in [1.82, 2.24) is 4.90 Å². The van der Waals surface area contributed by atoms with Gasteiger partial charge in [0.15, 0.2) is 11.5 Å². The first-order valence-electron chi connectivity index (χ1n) is 6.82. The summed E-state index contributed by atoms with van der Waals surface area (Å²) in [7, 11) is 1.83. The number of carbonyl (C=O) groups excluding carboxylic acids is 1. The van der Waals surface area contributed by atoms with Crippen molar-refractivity contribution in [2.75, 3.05) is 18.9 Å². The standard InChI is InChI=1S/C15H14F2N2O3S/c1-19(8-11-3-2-6-23-11)9-14(20)18-10-4-5-12-13(7-10)22-15(16,17)21-12/h2-7H,8-9H2,1H3,(H,18,20). The van der Waals surface area contributed by atoms with Crippen molar-refractivity contribution < 1.29 is 23.0 Å². The lowest BCUT2D eigenvalue weighted by atomic mass is 10.2. The minimum atomic E-state index is -3.66. The van der Waals surface area contributed by atoms with Gasteiger partial charge in [-0.3, -0.25) is 9.69 Å². The summed E-state index contributed by atoms with van der Waals surface area (Å²) < 4.78 is 34.5. The number of fused-ring (bicyclic) bond motifs is 1. The predicted molar refractivity (Wildman–Crippen MR) is 81.9 cm³/mol. The molecule has 3 rings (SSSR count). The van der Waals surface area contributed by atoms with Crippen LogP contribution in [0, 0.1) is 0 Å². The molecule has 0 spiro atoms. The van der Waals surface area contributed by atoms with E-state index in [-0.39, 0.29) is 24.0 Å². The highest BCUT2D eigenvalue weighted by molar-refractivity contribution is 7.09. The van der Waals surface area contributed by atoms with Crippen molar-refractivity contribution in [3.8, 4) is 11.5 Å². The van der Waals surface area contributed by atoms with Gasteiger partial charge in [-0.2, -0.15) is 0 Å². The Morgan fingerprint density at radius 2 is 2.09 bits per heavy atom. The maximum atomic E-state index is 12.9. The number of ether oxygens (including phenoxy) is 2. The summed E-state index contributed by atoms with van der Waals surface area (Å²) in [6.45, 7) is 0.848. The number of thiophene rings is 1. The molecular weight excluding hydrogens is 326 g/mol. The molecule has 1 aliphatic heterocycles. The van der Waals surface area contributed by atoms with Gasteiger partial charge in [0, 0.05) is 23.2 Å². The first-order valence-corrected chi connectivity index (χ1v) is 7.70. The Morgan fingerprint density at radius 1 is 1.30 bits per heavy atom. The number of hydrogen-bond acceptors (Lipinski definition) is 5. The Morgan fingerprint density at radius 3 is 2.83 bits per heavy atom. The molecule has 0 fully saturated rings. The number of likely N-dealkylation sites (N-methyl/N-ethyl adjacent to an activating group) is 1. The first-order chi connectivity index (χ1) is 10.9. The van der Waals surface area contributed by atoms with E-state index in [4.69, 9.17) is 0 Å². The molecule has 0 unspecified atom stereocenters. The average molecular weight is 340 g/mol. The Bertz CT molecular complexity index is 707. The van der Waals surface area contributed by atoms with Crippen LogP contribution in [0.2, 0.25) is 0 Å². The van der Waals surface area contributed by atoms with E-state index in [1.54, 1.807) is 11.3 Å². The Labute approximate surface area is 135 Å². The Balaban J connectivity index is 1.56. The van der Waals surface area contributed by atoms with Gasteiger partial charge in [-0.15, -0.1) is 20.1 Å². The van der Waals surface area contributed by atoms with E-state index in [1.807, 2.05) is 29.5 Å². The van der Waals surface area contributed by atoms with Gasteiger partial charge in [0.2, 0.25) is 5.91 Å². The molecule has 8 heteroatoms. The van der Waals surface area contributed by atoms with Crippen LogP contribution in [0.15, 0.2) is 35.7 Å². The topological polar surface area (TPSA) is 50.8 Å². The van der Waals surface area contributed by atoms with Gasteiger partial charge < -0.3 is 14.8 Å². The fourth-order valence-electron chi connectivity index (χ4n) is 2.20. The summed E-state index contributed by atoms with van der Waals surface area (Å²) >= 11 is 1.62. The molecule has 1 N–H and O–H groups in total. The number of nitrogens with zero attached hydrogens (tertiary/aromatic N) is 1. The lowest BCUT2D eigenvalue weighted by molar-refractivity contribution is -0.286. The predicted octanol–water partition coefficient (Wildman–Crippen LogP) is 3.14. The van der Waals surface area contributed by atoms with Crippen LogP contribution in [0.25, 0.3) is 0 Å². The van der Waals surface area contributed by atoms with Crippen molar-refractivity contribution in [3.05, 3.63) is 40.6 Å². The molecule has 0 aliphatic carbocycles. The van der Waals surface area contributed by atoms with E-state index >= 15 is 0 Å². The number of benzene rings is 1. The molecule has 23 heavy (non-hydrogen) atoms. The summed E-state index contributed by atoms with van der Waals surface area (Å²) in [6, 6.07) is 8.09. The van der Waals surface area contributed by atoms with Crippen LogP contribution in [0.5, 0.6) is 11.5 Å². The van der Waals surface area contributed by atoms with Gasteiger partial charge in [0.25, 0.3) is 0 Å². The molecule has 0 saturated heterocycles. The van der Waals surface area contributed by atoms with E-state index < -0.39 is 6.29 Å². The van der Waals surface area contributed by atoms with E-state index in [2.05, 4.69) is 14.8 Å². The summed E-state index contributed by atoms with van der Waals surface area (Å²) in [5, 5.41) is 4.63.